The molecule has 0 radical (unpaired) electrons. The van der Waals surface area contributed by atoms with Crippen LogP contribution in [0.2, 0.25) is 0 Å². The highest BCUT2D eigenvalue weighted by Crippen LogP contribution is 2.23. The summed E-state index contributed by atoms with van der Waals surface area (Å²) in [5, 5.41) is 4.04. The molecule has 17 heavy (non-hydrogen) atoms. The van der Waals surface area contributed by atoms with Gasteiger partial charge in [0.2, 0.25) is 5.91 Å². The third-order valence-corrected chi connectivity index (χ3v) is 3.10. The standard InChI is InChI=1S/C14H15NO2/c1-9-2-5-13-12(6-9)10(8-17-13)7-14(16)15-11-3-4-11/h2,5-6,8,11H,3-4,7H2,1H3,(H,15,16). The second-order valence-electron chi connectivity index (χ2n) is 4.78. The summed E-state index contributed by atoms with van der Waals surface area (Å²) in [5.74, 6) is 0.0942. The molecule has 2 aromatic rings. The molecule has 0 saturated heterocycles. The van der Waals surface area contributed by atoms with E-state index < -0.39 is 0 Å². The van der Waals surface area contributed by atoms with Crippen molar-refractivity contribution in [2.75, 3.05) is 0 Å². The first kappa shape index (κ1) is 10.4. The van der Waals surface area contributed by atoms with Crippen LogP contribution in [0.3, 0.4) is 0 Å². The number of carbonyl (C=O) groups excluding carboxylic acids is 1. The number of aryl methyl sites for hydroxylation is 1. The molecule has 88 valence electrons. The summed E-state index contributed by atoms with van der Waals surface area (Å²) in [5.41, 5.74) is 3.01. The lowest BCUT2D eigenvalue weighted by Gasteiger charge is -2.01. The molecular formula is C14H15NO2. The van der Waals surface area contributed by atoms with Crippen LogP contribution in [-0.4, -0.2) is 11.9 Å². The van der Waals surface area contributed by atoms with E-state index in [1.807, 2.05) is 19.1 Å². The minimum atomic E-state index is 0.0942. The molecule has 1 N–H and O–H groups in total. The summed E-state index contributed by atoms with van der Waals surface area (Å²) in [4.78, 5) is 11.7. The summed E-state index contributed by atoms with van der Waals surface area (Å²) >= 11 is 0. The summed E-state index contributed by atoms with van der Waals surface area (Å²) in [6.45, 7) is 2.04. The number of amides is 1. The molecule has 1 amide bonds. The molecular weight excluding hydrogens is 214 g/mol. The van der Waals surface area contributed by atoms with Crippen molar-refractivity contribution in [1.29, 1.82) is 0 Å². The molecule has 1 aliphatic rings. The number of hydrogen-bond donors (Lipinski definition) is 1. The van der Waals surface area contributed by atoms with E-state index in [1.54, 1.807) is 6.26 Å². The van der Waals surface area contributed by atoms with Crippen LogP contribution >= 0.6 is 0 Å². The molecule has 1 saturated carbocycles. The Hall–Kier alpha value is -1.77. The van der Waals surface area contributed by atoms with Crippen molar-refractivity contribution in [2.45, 2.75) is 32.2 Å². The van der Waals surface area contributed by atoms with Crippen molar-refractivity contribution in [3.05, 3.63) is 35.6 Å². The fourth-order valence-electron chi connectivity index (χ4n) is 2.01. The van der Waals surface area contributed by atoms with Crippen LogP contribution in [0.15, 0.2) is 28.9 Å². The van der Waals surface area contributed by atoms with E-state index in [-0.39, 0.29) is 5.91 Å². The van der Waals surface area contributed by atoms with E-state index in [9.17, 15) is 4.79 Å². The predicted octanol–water partition coefficient (Wildman–Crippen LogP) is 2.56. The monoisotopic (exact) mass is 229 g/mol. The van der Waals surface area contributed by atoms with Gasteiger partial charge in [-0.2, -0.15) is 0 Å². The van der Waals surface area contributed by atoms with E-state index in [1.165, 1.54) is 5.56 Å². The molecule has 3 heteroatoms. The zero-order valence-electron chi connectivity index (χ0n) is 9.82. The number of benzene rings is 1. The summed E-state index contributed by atoms with van der Waals surface area (Å²) in [6, 6.07) is 6.45. The van der Waals surface area contributed by atoms with Crippen LogP contribution < -0.4 is 5.32 Å². The van der Waals surface area contributed by atoms with E-state index in [0.29, 0.717) is 12.5 Å². The molecule has 3 nitrogen and oxygen atoms in total. The van der Waals surface area contributed by atoms with Gasteiger partial charge < -0.3 is 9.73 Å². The van der Waals surface area contributed by atoms with Crippen molar-refractivity contribution in [1.82, 2.24) is 5.32 Å². The Bertz CT molecular complexity index is 567. The zero-order valence-corrected chi connectivity index (χ0v) is 9.82. The van der Waals surface area contributed by atoms with Gasteiger partial charge in [0.25, 0.3) is 0 Å². The van der Waals surface area contributed by atoms with Crippen molar-refractivity contribution < 1.29 is 9.21 Å². The minimum Gasteiger partial charge on any atom is -0.464 e. The van der Waals surface area contributed by atoms with Crippen molar-refractivity contribution >= 4 is 16.9 Å². The van der Waals surface area contributed by atoms with Crippen molar-refractivity contribution in [3.63, 3.8) is 0 Å². The molecule has 1 aliphatic carbocycles. The average Bonchev–Trinajstić information content (AvgIpc) is 3.01. The van der Waals surface area contributed by atoms with E-state index in [4.69, 9.17) is 4.42 Å². The van der Waals surface area contributed by atoms with Crippen LogP contribution in [0, 0.1) is 6.92 Å². The fraction of sp³-hybridized carbons (Fsp3) is 0.357. The molecule has 0 atom stereocenters. The van der Waals surface area contributed by atoms with Crippen LogP contribution in [-0.2, 0) is 11.2 Å². The van der Waals surface area contributed by atoms with Gasteiger partial charge in [-0.25, -0.2) is 0 Å². The van der Waals surface area contributed by atoms with Gasteiger partial charge in [-0.3, -0.25) is 4.79 Å². The Morgan fingerprint density at radius 3 is 3.06 bits per heavy atom. The maximum absolute atomic E-state index is 11.7. The quantitative estimate of drug-likeness (QED) is 0.878. The number of rotatable bonds is 3. The number of furan rings is 1. The Labute approximate surface area is 99.8 Å². The first-order chi connectivity index (χ1) is 8.22. The summed E-state index contributed by atoms with van der Waals surface area (Å²) < 4.78 is 5.45. The highest BCUT2D eigenvalue weighted by molar-refractivity contribution is 5.88. The molecule has 3 rings (SSSR count). The SMILES string of the molecule is Cc1ccc2occ(CC(=O)NC3CC3)c2c1. The van der Waals surface area contributed by atoms with E-state index >= 15 is 0 Å². The first-order valence-electron chi connectivity index (χ1n) is 5.98. The summed E-state index contributed by atoms with van der Waals surface area (Å²) in [6.07, 6.45) is 4.34. The second-order valence-corrected chi connectivity index (χ2v) is 4.78. The Morgan fingerprint density at radius 1 is 1.47 bits per heavy atom. The number of nitrogens with one attached hydrogen (secondary N) is 1. The van der Waals surface area contributed by atoms with E-state index in [0.717, 1.165) is 29.4 Å². The minimum absolute atomic E-state index is 0.0942. The summed E-state index contributed by atoms with van der Waals surface area (Å²) in [7, 11) is 0. The maximum Gasteiger partial charge on any atom is 0.224 e. The molecule has 1 aromatic carbocycles. The fourth-order valence-corrected chi connectivity index (χ4v) is 2.01. The highest BCUT2D eigenvalue weighted by atomic mass is 16.3. The zero-order chi connectivity index (χ0) is 11.8. The van der Waals surface area contributed by atoms with Crippen molar-refractivity contribution in [3.8, 4) is 0 Å². The largest absolute Gasteiger partial charge is 0.464 e. The van der Waals surface area contributed by atoms with Gasteiger partial charge in [0.1, 0.15) is 5.58 Å². The van der Waals surface area contributed by atoms with Gasteiger partial charge >= 0.3 is 0 Å². The maximum atomic E-state index is 11.7. The van der Waals surface area contributed by atoms with Crippen LogP contribution in [0.25, 0.3) is 11.0 Å². The Morgan fingerprint density at radius 2 is 2.29 bits per heavy atom. The normalized spacial score (nSPS) is 15.1. The Balaban J connectivity index is 1.83. The van der Waals surface area contributed by atoms with Gasteiger partial charge in [0.15, 0.2) is 0 Å². The smallest absolute Gasteiger partial charge is 0.224 e. The average molecular weight is 229 g/mol. The molecule has 0 aliphatic heterocycles. The number of carbonyl (C=O) groups is 1. The van der Waals surface area contributed by atoms with Crippen LogP contribution in [0.4, 0.5) is 0 Å². The third-order valence-electron chi connectivity index (χ3n) is 3.10. The molecule has 1 heterocycles. The van der Waals surface area contributed by atoms with Gasteiger partial charge in [-0.1, -0.05) is 11.6 Å². The number of fused-ring (bicyclic) bond motifs is 1. The van der Waals surface area contributed by atoms with Crippen LogP contribution in [0.1, 0.15) is 24.0 Å². The highest BCUT2D eigenvalue weighted by Gasteiger charge is 2.23. The lowest BCUT2D eigenvalue weighted by molar-refractivity contribution is -0.120. The first-order valence-corrected chi connectivity index (χ1v) is 5.98. The molecule has 1 fully saturated rings. The number of hydrogen-bond acceptors (Lipinski definition) is 2. The molecule has 0 unspecified atom stereocenters. The molecule has 0 spiro atoms. The van der Waals surface area contributed by atoms with Gasteiger partial charge in [0, 0.05) is 17.0 Å². The molecule has 1 aromatic heterocycles. The van der Waals surface area contributed by atoms with Gasteiger partial charge in [-0.05, 0) is 31.9 Å². The topological polar surface area (TPSA) is 42.2 Å². The van der Waals surface area contributed by atoms with Gasteiger partial charge in [-0.15, -0.1) is 0 Å². The van der Waals surface area contributed by atoms with Crippen molar-refractivity contribution in [2.24, 2.45) is 0 Å². The van der Waals surface area contributed by atoms with Crippen LogP contribution in [0.5, 0.6) is 0 Å². The predicted molar refractivity (Wildman–Crippen MR) is 65.8 cm³/mol. The van der Waals surface area contributed by atoms with E-state index in [2.05, 4.69) is 11.4 Å². The third kappa shape index (κ3) is 2.18. The Kier molecular flexibility index (Phi) is 2.39. The molecule has 0 bridgehead atoms. The van der Waals surface area contributed by atoms with Gasteiger partial charge in [0.05, 0.1) is 12.7 Å². The lowest BCUT2D eigenvalue weighted by Crippen LogP contribution is -2.26. The second kappa shape index (κ2) is 3.91. The lowest BCUT2D eigenvalue weighted by atomic mass is 10.1.